The molecule has 3 aromatic heterocycles. The van der Waals surface area contributed by atoms with Gasteiger partial charge >= 0.3 is 0 Å². The van der Waals surface area contributed by atoms with Crippen LogP contribution in [0, 0.1) is 0 Å². The summed E-state index contributed by atoms with van der Waals surface area (Å²) in [5.41, 5.74) is 2.39. The molecule has 0 atom stereocenters. The number of hydrogen-bond acceptors (Lipinski definition) is 6. The Labute approximate surface area is 119 Å². The van der Waals surface area contributed by atoms with Gasteiger partial charge < -0.3 is 9.15 Å². The van der Waals surface area contributed by atoms with E-state index in [0.717, 1.165) is 33.9 Å². The maximum Gasteiger partial charge on any atom is 0.232 e. The van der Waals surface area contributed by atoms with Crippen LogP contribution in [0.1, 0.15) is 25.2 Å². The van der Waals surface area contributed by atoms with E-state index < -0.39 is 0 Å². The van der Waals surface area contributed by atoms with Crippen molar-refractivity contribution in [3.05, 3.63) is 17.7 Å². The number of thioether (sulfide) groups is 1. The Morgan fingerprint density at radius 2 is 2.25 bits per heavy atom. The molecule has 0 N–H and O–H groups in total. The Bertz CT molecular complexity index is 821. The second-order valence-corrected chi connectivity index (χ2v) is 6.28. The largest absolute Gasteiger partial charge is 0.440 e. The molecular weight excluding hydrogens is 276 g/mol. The molecule has 0 radical (unpaired) electrons. The van der Waals surface area contributed by atoms with Gasteiger partial charge in [-0.05, 0) is 20.1 Å². The SMILES string of the molecule is CSc1nc2oc3c(c2c2ncnn12)CC(C)(C)OC3. The van der Waals surface area contributed by atoms with E-state index in [1.165, 1.54) is 11.8 Å². The minimum absolute atomic E-state index is 0.195. The highest BCUT2D eigenvalue weighted by atomic mass is 32.2. The van der Waals surface area contributed by atoms with Crippen LogP contribution in [-0.2, 0) is 17.8 Å². The van der Waals surface area contributed by atoms with Gasteiger partial charge in [-0.1, -0.05) is 11.8 Å². The van der Waals surface area contributed by atoms with Crippen LogP contribution < -0.4 is 0 Å². The van der Waals surface area contributed by atoms with Crippen molar-refractivity contribution in [2.75, 3.05) is 6.26 Å². The molecule has 1 aliphatic rings. The first-order valence-electron chi connectivity index (χ1n) is 6.41. The van der Waals surface area contributed by atoms with Crippen molar-refractivity contribution >= 4 is 28.5 Å². The topological polar surface area (TPSA) is 65.5 Å². The molecule has 0 aromatic carbocycles. The Balaban J connectivity index is 2.09. The lowest BCUT2D eigenvalue weighted by Gasteiger charge is -2.29. The second kappa shape index (κ2) is 3.95. The first kappa shape index (κ1) is 12.2. The van der Waals surface area contributed by atoms with E-state index in [9.17, 15) is 0 Å². The van der Waals surface area contributed by atoms with Gasteiger partial charge in [0.15, 0.2) is 10.8 Å². The Hall–Kier alpha value is -1.60. The minimum Gasteiger partial charge on any atom is -0.440 e. The van der Waals surface area contributed by atoms with Gasteiger partial charge in [0.05, 0.1) is 11.0 Å². The highest BCUT2D eigenvalue weighted by Gasteiger charge is 2.32. The first-order valence-corrected chi connectivity index (χ1v) is 7.63. The standard InChI is InChI=1S/C13H14N4O2S/c1-13(2)4-7-8(5-18-13)19-11-9(7)10-14-6-15-17(10)12(16-11)20-3/h6H,4-5H2,1-3H3. The molecule has 0 aliphatic carbocycles. The average molecular weight is 290 g/mol. The fourth-order valence-corrected chi connectivity index (χ4v) is 3.15. The number of furan rings is 1. The van der Waals surface area contributed by atoms with E-state index in [-0.39, 0.29) is 5.60 Å². The Morgan fingerprint density at radius 1 is 1.40 bits per heavy atom. The number of rotatable bonds is 1. The van der Waals surface area contributed by atoms with Gasteiger partial charge in [-0.25, -0.2) is 4.98 Å². The number of fused-ring (bicyclic) bond motifs is 5. The smallest absolute Gasteiger partial charge is 0.232 e. The summed E-state index contributed by atoms with van der Waals surface area (Å²) in [5.74, 6) is 0.856. The fraction of sp³-hybridized carbons (Fsp3) is 0.462. The maximum absolute atomic E-state index is 5.87. The number of nitrogens with zero attached hydrogens (tertiary/aromatic N) is 4. The molecule has 0 bridgehead atoms. The summed E-state index contributed by atoms with van der Waals surface area (Å²) in [6.07, 6.45) is 4.31. The van der Waals surface area contributed by atoms with Crippen molar-refractivity contribution in [3.63, 3.8) is 0 Å². The number of aromatic nitrogens is 4. The molecule has 6 nitrogen and oxygen atoms in total. The molecule has 104 valence electrons. The Kier molecular flexibility index (Phi) is 2.41. The van der Waals surface area contributed by atoms with Crippen LogP contribution in [0.2, 0.25) is 0 Å². The highest BCUT2D eigenvalue weighted by Crippen LogP contribution is 2.36. The van der Waals surface area contributed by atoms with E-state index in [2.05, 4.69) is 28.9 Å². The minimum atomic E-state index is -0.195. The van der Waals surface area contributed by atoms with Gasteiger partial charge in [0.25, 0.3) is 0 Å². The summed E-state index contributed by atoms with van der Waals surface area (Å²) in [6, 6.07) is 0. The van der Waals surface area contributed by atoms with E-state index in [1.54, 1.807) is 10.8 Å². The molecule has 0 amide bonds. The van der Waals surface area contributed by atoms with Crippen molar-refractivity contribution in [1.29, 1.82) is 0 Å². The third-order valence-corrected chi connectivity index (χ3v) is 4.23. The maximum atomic E-state index is 5.87. The molecule has 3 aromatic rings. The Morgan fingerprint density at radius 3 is 3.05 bits per heavy atom. The average Bonchev–Trinajstić information content (AvgIpc) is 2.99. The fourth-order valence-electron chi connectivity index (χ4n) is 2.67. The molecule has 0 spiro atoms. The zero-order valence-corrected chi connectivity index (χ0v) is 12.3. The van der Waals surface area contributed by atoms with E-state index in [1.807, 2.05) is 6.26 Å². The number of hydrogen-bond donors (Lipinski definition) is 0. The van der Waals surface area contributed by atoms with Crippen LogP contribution in [0.15, 0.2) is 15.9 Å². The van der Waals surface area contributed by atoms with E-state index in [0.29, 0.717) is 12.3 Å². The molecule has 7 heteroatoms. The molecule has 0 fully saturated rings. The lowest BCUT2D eigenvalue weighted by molar-refractivity contribution is -0.0476. The summed E-state index contributed by atoms with van der Waals surface area (Å²) < 4.78 is 13.4. The summed E-state index contributed by atoms with van der Waals surface area (Å²) in [6.45, 7) is 4.65. The molecule has 0 saturated heterocycles. The molecule has 20 heavy (non-hydrogen) atoms. The van der Waals surface area contributed by atoms with Crippen LogP contribution >= 0.6 is 11.8 Å². The second-order valence-electron chi connectivity index (χ2n) is 5.50. The van der Waals surface area contributed by atoms with E-state index in [4.69, 9.17) is 9.15 Å². The molecule has 0 saturated carbocycles. The van der Waals surface area contributed by atoms with E-state index >= 15 is 0 Å². The monoisotopic (exact) mass is 290 g/mol. The van der Waals surface area contributed by atoms with Crippen molar-refractivity contribution in [3.8, 4) is 0 Å². The first-order chi connectivity index (χ1) is 9.59. The quantitative estimate of drug-likeness (QED) is 0.506. The summed E-state index contributed by atoms with van der Waals surface area (Å²) in [7, 11) is 0. The predicted octanol–water partition coefficient (Wildman–Crippen LogP) is 2.44. The van der Waals surface area contributed by atoms with Crippen LogP contribution in [0.3, 0.4) is 0 Å². The van der Waals surface area contributed by atoms with Gasteiger partial charge in [-0.3, -0.25) is 0 Å². The molecule has 1 aliphatic heterocycles. The van der Waals surface area contributed by atoms with Crippen LogP contribution in [0.25, 0.3) is 16.7 Å². The summed E-state index contributed by atoms with van der Waals surface area (Å²) >= 11 is 1.52. The van der Waals surface area contributed by atoms with Crippen LogP contribution in [0.5, 0.6) is 0 Å². The predicted molar refractivity (Wildman–Crippen MR) is 74.9 cm³/mol. The molecular formula is C13H14N4O2S. The van der Waals surface area contributed by atoms with Gasteiger partial charge in [0.2, 0.25) is 5.71 Å². The zero-order chi connectivity index (χ0) is 13.9. The van der Waals surface area contributed by atoms with Crippen molar-refractivity contribution in [2.45, 2.75) is 37.6 Å². The van der Waals surface area contributed by atoms with Crippen LogP contribution in [-0.4, -0.2) is 31.4 Å². The van der Waals surface area contributed by atoms with Crippen molar-refractivity contribution in [1.82, 2.24) is 19.6 Å². The third kappa shape index (κ3) is 1.59. The van der Waals surface area contributed by atoms with Crippen LogP contribution in [0.4, 0.5) is 0 Å². The van der Waals surface area contributed by atoms with Crippen molar-refractivity contribution < 1.29 is 9.15 Å². The van der Waals surface area contributed by atoms with Gasteiger partial charge in [0.1, 0.15) is 18.7 Å². The normalized spacial score (nSPS) is 17.8. The lowest BCUT2D eigenvalue weighted by Crippen LogP contribution is -2.31. The lowest BCUT2D eigenvalue weighted by atomic mass is 9.94. The number of ether oxygens (including phenoxy) is 1. The third-order valence-electron chi connectivity index (χ3n) is 3.60. The zero-order valence-electron chi connectivity index (χ0n) is 11.5. The summed E-state index contributed by atoms with van der Waals surface area (Å²) in [5, 5.41) is 5.99. The molecule has 4 heterocycles. The highest BCUT2D eigenvalue weighted by molar-refractivity contribution is 7.98. The van der Waals surface area contributed by atoms with Gasteiger partial charge in [-0.15, -0.1) is 0 Å². The van der Waals surface area contributed by atoms with Gasteiger partial charge in [-0.2, -0.15) is 14.6 Å². The summed E-state index contributed by atoms with van der Waals surface area (Å²) in [4.78, 5) is 8.93. The van der Waals surface area contributed by atoms with Crippen molar-refractivity contribution in [2.24, 2.45) is 0 Å². The molecule has 0 unspecified atom stereocenters. The molecule has 4 rings (SSSR count). The van der Waals surface area contributed by atoms with Gasteiger partial charge in [0, 0.05) is 12.0 Å².